The van der Waals surface area contributed by atoms with Crippen LogP contribution in [-0.2, 0) is 0 Å². The number of halogens is 1. The molecule has 0 saturated carbocycles. The van der Waals surface area contributed by atoms with E-state index in [9.17, 15) is 9.59 Å². The molecule has 2 N–H and O–H groups in total. The van der Waals surface area contributed by atoms with E-state index in [0.29, 0.717) is 16.7 Å². The number of fused-ring (bicyclic) bond motifs is 1. The van der Waals surface area contributed by atoms with Crippen molar-refractivity contribution in [1.82, 2.24) is 9.97 Å². The van der Waals surface area contributed by atoms with Crippen LogP contribution < -0.4 is 5.56 Å². The zero-order chi connectivity index (χ0) is 15.0. The Kier molecular flexibility index (Phi) is 3.31. The molecule has 0 amide bonds. The Balaban J connectivity index is 2.23. The molecule has 0 aliphatic rings. The second-order valence-electron chi connectivity index (χ2n) is 4.46. The molecule has 1 heterocycles. The summed E-state index contributed by atoms with van der Waals surface area (Å²) < 4.78 is 0.919. The Morgan fingerprint density at radius 1 is 1.14 bits per heavy atom. The van der Waals surface area contributed by atoms with Crippen LogP contribution in [0.25, 0.3) is 22.3 Å². The van der Waals surface area contributed by atoms with Gasteiger partial charge >= 0.3 is 5.97 Å². The van der Waals surface area contributed by atoms with Gasteiger partial charge in [-0.25, -0.2) is 9.78 Å². The fourth-order valence-corrected chi connectivity index (χ4v) is 2.28. The summed E-state index contributed by atoms with van der Waals surface area (Å²) in [5.41, 5.74) is 0.909. The number of carbonyl (C=O) groups is 1. The van der Waals surface area contributed by atoms with E-state index in [-0.39, 0.29) is 11.1 Å². The lowest BCUT2D eigenvalue weighted by atomic mass is 10.1. The van der Waals surface area contributed by atoms with Gasteiger partial charge in [-0.2, -0.15) is 0 Å². The molecular formula is C15H9BrN2O3. The van der Waals surface area contributed by atoms with Crippen LogP contribution in [0.3, 0.4) is 0 Å². The van der Waals surface area contributed by atoms with Crippen molar-refractivity contribution in [3.63, 3.8) is 0 Å². The van der Waals surface area contributed by atoms with Crippen LogP contribution in [0.4, 0.5) is 0 Å². The molecule has 0 aliphatic heterocycles. The van der Waals surface area contributed by atoms with Crippen LogP contribution in [0, 0.1) is 0 Å². The average Bonchev–Trinajstić information content (AvgIpc) is 2.47. The quantitative estimate of drug-likeness (QED) is 0.748. The normalized spacial score (nSPS) is 10.7. The molecule has 3 rings (SSSR count). The number of H-pyrrole nitrogens is 1. The Hall–Kier alpha value is -2.47. The van der Waals surface area contributed by atoms with Gasteiger partial charge < -0.3 is 10.1 Å². The summed E-state index contributed by atoms with van der Waals surface area (Å²) in [6.45, 7) is 0. The molecule has 0 bridgehead atoms. The molecule has 0 unspecified atom stereocenters. The van der Waals surface area contributed by atoms with Crippen LogP contribution in [0.1, 0.15) is 10.4 Å². The molecule has 0 saturated heterocycles. The number of nitrogens with one attached hydrogen (secondary N) is 1. The zero-order valence-corrected chi connectivity index (χ0v) is 12.2. The fraction of sp³-hybridized carbons (Fsp3) is 0. The molecule has 6 heteroatoms. The first-order valence-corrected chi connectivity index (χ1v) is 6.87. The predicted molar refractivity (Wildman–Crippen MR) is 82.5 cm³/mol. The van der Waals surface area contributed by atoms with E-state index in [0.717, 1.165) is 10.0 Å². The van der Waals surface area contributed by atoms with Crippen LogP contribution in [0.2, 0.25) is 0 Å². The summed E-state index contributed by atoms with van der Waals surface area (Å²) in [5, 5.41) is 9.37. The molecule has 3 aromatic rings. The highest BCUT2D eigenvalue weighted by Gasteiger charge is 2.09. The number of hydrogen-bond acceptors (Lipinski definition) is 3. The highest BCUT2D eigenvalue weighted by atomic mass is 79.9. The summed E-state index contributed by atoms with van der Waals surface area (Å²) in [7, 11) is 0. The lowest BCUT2D eigenvalue weighted by molar-refractivity contribution is 0.0697. The van der Waals surface area contributed by atoms with E-state index in [2.05, 4.69) is 25.9 Å². The number of benzene rings is 2. The third-order valence-corrected chi connectivity index (χ3v) is 3.60. The largest absolute Gasteiger partial charge is 0.478 e. The summed E-state index contributed by atoms with van der Waals surface area (Å²) in [6.07, 6.45) is 0. The smallest absolute Gasteiger partial charge is 0.335 e. The molecule has 2 aromatic carbocycles. The number of carboxylic acid groups (broad SMARTS) is 1. The fourth-order valence-electron chi connectivity index (χ4n) is 2.02. The second-order valence-corrected chi connectivity index (χ2v) is 5.37. The summed E-state index contributed by atoms with van der Waals surface area (Å²) in [6, 6.07) is 11.6. The minimum Gasteiger partial charge on any atom is -0.478 e. The Bertz CT molecular complexity index is 901. The molecule has 0 radical (unpaired) electrons. The van der Waals surface area contributed by atoms with Crippen molar-refractivity contribution in [2.24, 2.45) is 0 Å². The van der Waals surface area contributed by atoms with Crippen LogP contribution >= 0.6 is 15.9 Å². The molecule has 0 fully saturated rings. The molecular weight excluding hydrogens is 336 g/mol. The minimum absolute atomic E-state index is 0.0994. The van der Waals surface area contributed by atoms with Crippen LogP contribution in [0.5, 0.6) is 0 Å². The number of hydrogen-bond donors (Lipinski definition) is 2. The van der Waals surface area contributed by atoms with Crippen molar-refractivity contribution in [2.75, 3.05) is 0 Å². The third kappa shape index (κ3) is 2.57. The number of carboxylic acids is 1. The first kappa shape index (κ1) is 13.5. The highest BCUT2D eigenvalue weighted by Crippen LogP contribution is 2.19. The lowest BCUT2D eigenvalue weighted by Gasteiger charge is -2.04. The lowest BCUT2D eigenvalue weighted by Crippen LogP contribution is -2.10. The molecule has 0 aliphatic carbocycles. The zero-order valence-electron chi connectivity index (χ0n) is 10.6. The Morgan fingerprint density at radius 2 is 1.86 bits per heavy atom. The van der Waals surface area contributed by atoms with Crippen LogP contribution in [0.15, 0.2) is 51.7 Å². The van der Waals surface area contributed by atoms with Gasteiger partial charge in [0.15, 0.2) is 0 Å². The molecule has 104 valence electrons. The summed E-state index contributed by atoms with van der Waals surface area (Å²) >= 11 is 3.34. The van der Waals surface area contributed by atoms with Gasteiger partial charge in [-0.15, -0.1) is 0 Å². The molecule has 0 spiro atoms. The maximum absolute atomic E-state index is 12.1. The van der Waals surface area contributed by atoms with E-state index >= 15 is 0 Å². The van der Waals surface area contributed by atoms with Gasteiger partial charge in [0.25, 0.3) is 5.56 Å². The van der Waals surface area contributed by atoms with Crippen molar-refractivity contribution in [3.05, 3.63) is 62.9 Å². The minimum atomic E-state index is -1.05. The van der Waals surface area contributed by atoms with E-state index < -0.39 is 5.97 Å². The van der Waals surface area contributed by atoms with Crippen molar-refractivity contribution in [3.8, 4) is 11.4 Å². The van der Waals surface area contributed by atoms with Gasteiger partial charge in [-0.05, 0) is 30.3 Å². The number of aromatic amines is 1. The van der Waals surface area contributed by atoms with Gasteiger partial charge in [-0.1, -0.05) is 28.1 Å². The predicted octanol–water partition coefficient (Wildman–Crippen LogP) is 3.05. The van der Waals surface area contributed by atoms with E-state index in [1.54, 1.807) is 0 Å². The maximum atomic E-state index is 12.1. The van der Waals surface area contributed by atoms with E-state index in [1.807, 2.05) is 24.3 Å². The van der Waals surface area contributed by atoms with Crippen molar-refractivity contribution >= 4 is 32.8 Å². The van der Waals surface area contributed by atoms with Gasteiger partial charge in [0.05, 0.1) is 16.5 Å². The number of rotatable bonds is 2. The standard InChI is InChI=1S/C15H9BrN2O3/c16-10-4-1-8(2-5-10)13-17-12-7-9(15(20)21)3-6-11(12)14(19)18-13/h1-7H,(H,20,21)(H,17,18,19). The van der Waals surface area contributed by atoms with Gasteiger partial charge in [0, 0.05) is 10.0 Å². The van der Waals surface area contributed by atoms with Gasteiger partial charge in [0.1, 0.15) is 5.82 Å². The summed E-state index contributed by atoms with van der Waals surface area (Å²) in [4.78, 5) is 30.1. The van der Waals surface area contributed by atoms with E-state index in [4.69, 9.17) is 5.11 Å². The molecule has 21 heavy (non-hydrogen) atoms. The van der Waals surface area contributed by atoms with Crippen LogP contribution in [-0.4, -0.2) is 21.0 Å². The first-order valence-electron chi connectivity index (χ1n) is 6.08. The number of aromatic carboxylic acids is 1. The van der Waals surface area contributed by atoms with Crippen molar-refractivity contribution < 1.29 is 9.90 Å². The van der Waals surface area contributed by atoms with E-state index in [1.165, 1.54) is 18.2 Å². The SMILES string of the molecule is O=C(O)c1ccc2c(=O)[nH]c(-c3ccc(Br)cc3)nc2c1. The van der Waals surface area contributed by atoms with Gasteiger partial charge in [-0.3, -0.25) is 4.79 Å². The summed E-state index contributed by atoms with van der Waals surface area (Å²) in [5.74, 6) is -0.647. The number of nitrogens with zero attached hydrogens (tertiary/aromatic N) is 1. The Labute approximate surface area is 127 Å². The third-order valence-electron chi connectivity index (χ3n) is 3.07. The Morgan fingerprint density at radius 3 is 2.52 bits per heavy atom. The topological polar surface area (TPSA) is 83.0 Å². The first-order chi connectivity index (χ1) is 10.0. The van der Waals surface area contributed by atoms with Crippen molar-refractivity contribution in [1.29, 1.82) is 0 Å². The van der Waals surface area contributed by atoms with Crippen molar-refractivity contribution in [2.45, 2.75) is 0 Å². The monoisotopic (exact) mass is 344 g/mol. The highest BCUT2D eigenvalue weighted by molar-refractivity contribution is 9.10. The maximum Gasteiger partial charge on any atom is 0.335 e. The van der Waals surface area contributed by atoms with Gasteiger partial charge in [0.2, 0.25) is 0 Å². The molecule has 0 atom stereocenters. The molecule has 1 aromatic heterocycles. The second kappa shape index (κ2) is 5.14. The average molecular weight is 345 g/mol. The number of aromatic nitrogens is 2. The molecule has 5 nitrogen and oxygen atoms in total.